The van der Waals surface area contributed by atoms with Gasteiger partial charge in [-0.25, -0.2) is 0 Å². The van der Waals surface area contributed by atoms with Gasteiger partial charge in [-0.3, -0.25) is 9.59 Å². The van der Waals surface area contributed by atoms with Gasteiger partial charge in [-0.05, 0) is 62.6 Å². The van der Waals surface area contributed by atoms with Gasteiger partial charge in [0.2, 0.25) is 0 Å². The van der Waals surface area contributed by atoms with Crippen molar-refractivity contribution in [2.45, 2.75) is 43.3 Å². The first-order valence-electron chi connectivity index (χ1n) is 9.43. The van der Waals surface area contributed by atoms with Crippen molar-refractivity contribution in [2.75, 3.05) is 26.0 Å². The lowest BCUT2D eigenvalue weighted by molar-refractivity contribution is -0.146. The van der Waals surface area contributed by atoms with Gasteiger partial charge >= 0.3 is 5.97 Å². The Bertz CT molecular complexity index is 657. The number of amides is 1. The topological polar surface area (TPSA) is 76.1 Å². The number of aliphatic carboxylic acids is 1. The summed E-state index contributed by atoms with van der Waals surface area (Å²) in [6, 6.07) is 7.71. The number of hydrogen-bond acceptors (Lipinski definition) is 5. The highest BCUT2D eigenvalue weighted by atomic mass is 32.2. The van der Waals surface area contributed by atoms with Gasteiger partial charge < -0.3 is 19.5 Å². The molecule has 1 N–H and O–H groups in total. The molecule has 6 nitrogen and oxygen atoms in total. The van der Waals surface area contributed by atoms with E-state index in [0.29, 0.717) is 31.9 Å². The Morgan fingerprint density at radius 1 is 1.22 bits per heavy atom. The molecule has 3 rings (SSSR count). The SMILES string of the molecule is CSc1ccc(OC(C)C(=O)N2CCC([C@@H]3OCCC3C(=O)O)CC2)cc1. The Morgan fingerprint density at radius 2 is 1.89 bits per heavy atom. The predicted octanol–water partition coefficient (Wildman–Crippen LogP) is 2.90. The van der Waals surface area contributed by atoms with Gasteiger partial charge in [0.25, 0.3) is 5.91 Å². The maximum absolute atomic E-state index is 12.7. The minimum absolute atomic E-state index is 0.0236. The second kappa shape index (κ2) is 8.97. The van der Waals surface area contributed by atoms with Crippen LogP contribution in [0.25, 0.3) is 0 Å². The van der Waals surface area contributed by atoms with Crippen molar-refractivity contribution >= 4 is 23.6 Å². The van der Waals surface area contributed by atoms with E-state index in [1.165, 1.54) is 0 Å². The van der Waals surface area contributed by atoms with Crippen LogP contribution in [0.15, 0.2) is 29.2 Å². The van der Waals surface area contributed by atoms with E-state index in [1.54, 1.807) is 18.7 Å². The van der Waals surface area contributed by atoms with Crippen molar-refractivity contribution in [3.8, 4) is 5.75 Å². The third-order valence-electron chi connectivity index (χ3n) is 5.49. The number of carbonyl (C=O) groups excluding carboxylic acids is 1. The number of hydrogen-bond donors (Lipinski definition) is 1. The molecule has 2 saturated heterocycles. The van der Waals surface area contributed by atoms with E-state index in [9.17, 15) is 14.7 Å². The van der Waals surface area contributed by atoms with Gasteiger partial charge in [0.1, 0.15) is 5.75 Å². The van der Waals surface area contributed by atoms with Gasteiger partial charge in [0.15, 0.2) is 6.10 Å². The fraction of sp³-hybridized carbons (Fsp3) is 0.600. The number of carbonyl (C=O) groups is 2. The quantitative estimate of drug-likeness (QED) is 0.749. The summed E-state index contributed by atoms with van der Waals surface area (Å²) >= 11 is 1.66. The second-order valence-corrected chi connectivity index (χ2v) is 8.05. The van der Waals surface area contributed by atoms with Crippen LogP contribution in [0.5, 0.6) is 5.75 Å². The van der Waals surface area contributed by atoms with Crippen LogP contribution in [0.2, 0.25) is 0 Å². The van der Waals surface area contributed by atoms with Gasteiger partial charge in [0, 0.05) is 24.6 Å². The third-order valence-corrected chi connectivity index (χ3v) is 6.23. The number of likely N-dealkylation sites (tertiary alicyclic amines) is 1. The molecule has 7 heteroatoms. The van der Waals surface area contributed by atoms with E-state index >= 15 is 0 Å². The van der Waals surface area contributed by atoms with Crippen LogP contribution in [0.4, 0.5) is 0 Å². The molecule has 27 heavy (non-hydrogen) atoms. The lowest BCUT2D eigenvalue weighted by Crippen LogP contribution is -2.47. The van der Waals surface area contributed by atoms with Gasteiger partial charge in [-0.1, -0.05) is 0 Å². The second-order valence-electron chi connectivity index (χ2n) is 7.17. The van der Waals surface area contributed by atoms with Crippen LogP contribution in [-0.4, -0.2) is 60.0 Å². The minimum Gasteiger partial charge on any atom is -0.481 e. The van der Waals surface area contributed by atoms with Crippen LogP contribution >= 0.6 is 11.8 Å². The fourth-order valence-electron chi connectivity index (χ4n) is 3.95. The number of benzene rings is 1. The smallest absolute Gasteiger partial charge is 0.309 e. The first-order valence-corrected chi connectivity index (χ1v) is 10.7. The Morgan fingerprint density at radius 3 is 2.48 bits per heavy atom. The normalized spacial score (nSPS) is 24.6. The van der Waals surface area contributed by atoms with Gasteiger partial charge in [0.05, 0.1) is 12.0 Å². The van der Waals surface area contributed by atoms with E-state index in [0.717, 1.165) is 17.7 Å². The van der Waals surface area contributed by atoms with Crippen molar-refractivity contribution in [1.82, 2.24) is 4.90 Å². The predicted molar refractivity (Wildman–Crippen MR) is 103 cm³/mol. The molecule has 3 atom stereocenters. The van der Waals surface area contributed by atoms with E-state index < -0.39 is 18.0 Å². The first kappa shape index (κ1) is 20.0. The zero-order chi connectivity index (χ0) is 19.4. The molecule has 2 heterocycles. The van der Waals surface area contributed by atoms with E-state index in [-0.39, 0.29) is 17.9 Å². The molecular weight excluding hydrogens is 366 g/mol. The Labute approximate surface area is 164 Å². The number of carboxylic acids is 1. The maximum atomic E-state index is 12.7. The molecule has 0 saturated carbocycles. The minimum atomic E-state index is -0.773. The summed E-state index contributed by atoms with van der Waals surface area (Å²) in [5, 5.41) is 9.34. The number of piperidine rings is 1. The van der Waals surface area contributed by atoms with Crippen LogP contribution in [0, 0.1) is 11.8 Å². The monoisotopic (exact) mass is 393 g/mol. The van der Waals surface area contributed by atoms with Gasteiger partial charge in [-0.2, -0.15) is 0 Å². The third kappa shape index (κ3) is 4.76. The number of carboxylic acid groups (broad SMARTS) is 1. The molecule has 2 unspecified atom stereocenters. The zero-order valence-electron chi connectivity index (χ0n) is 15.8. The molecular formula is C20H27NO5S. The standard InChI is InChI=1S/C20H27NO5S/c1-13(26-15-3-5-16(27-2)6-4-15)19(22)21-10-7-14(8-11-21)18-17(20(23)24)9-12-25-18/h3-6,13-14,17-18H,7-12H2,1-2H3,(H,23,24)/t13?,17?,18-/m0/s1. The van der Waals surface area contributed by atoms with Crippen molar-refractivity contribution in [2.24, 2.45) is 11.8 Å². The summed E-state index contributed by atoms with van der Waals surface area (Å²) in [6.07, 6.45) is 3.38. The summed E-state index contributed by atoms with van der Waals surface area (Å²) < 4.78 is 11.5. The molecule has 1 aromatic rings. The Hall–Kier alpha value is -1.73. The summed E-state index contributed by atoms with van der Waals surface area (Å²) in [6.45, 7) is 3.53. The first-order chi connectivity index (χ1) is 13.0. The number of thioether (sulfide) groups is 1. The van der Waals surface area contributed by atoms with E-state index in [2.05, 4.69) is 0 Å². The number of nitrogens with zero attached hydrogens (tertiary/aromatic N) is 1. The molecule has 2 aliphatic rings. The summed E-state index contributed by atoms with van der Waals surface area (Å²) in [7, 11) is 0. The highest BCUT2D eigenvalue weighted by molar-refractivity contribution is 7.98. The van der Waals surface area contributed by atoms with Crippen LogP contribution < -0.4 is 4.74 Å². The molecule has 148 valence electrons. The van der Waals surface area contributed by atoms with E-state index in [1.807, 2.05) is 35.4 Å². The lowest BCUT2D eigenvalue weighted by atomic mass is 9.84. The van der Waals surface area contributed by atoms with Crippen molar-refractivity contribution < 1.29 is 24.2 Å². The Balaban J connectivity index is 1.50. The van der Waals surface area contributed by atoms with Crippen molar-refractivity contribution in [3.63, 3.8) is 0 Å². The van der Waals surface area contributed by atoms with E-state index in [4.69, 9.17) is 9.47 Å². The molecule has 1 amide bonds. The molecule has 0 radical (unpaired) electrons. The highest BCUT2D eigenvalue weighted by Gasteiger charge is 2.41. The molecule has 2 aliphatic heterocycles. The number of ether oxygens (including phenoxy) is 2. The average molecular weight is 394 g/mol. The molecule has 2 fully saturated rings. The number of rotatable bonds is 6. The highest BCUT2D eigenvalue weighted by Crippen LogP contribution is 2.33. The zero-order valence-corrected chi connectivity index (χ0v) is 16.6. The summed E-state index contributed by atoms with van der Waals surface area (Å²) in [5.41, 5.74) is 0. The largest absolute Gasteiger partial charge is 0.481 e. The van der Waals surface area contributed by atoms with Crippen molar-refractivity contribution in [3.05, 3.63) is 24.3 Å². The lowest BCUT2D eigenvalue weighted by Gasteiger charge is -2.36. The molecule has 0 bridgehead atoms. The van der Waals surface area contributed by atoms with Crippen LogP contribution in [-0.2, 0) is 14.3 Å². The summed E-state index contributed by atoms with van der Waals surface area (Å²) in [4.78, 5) is 27.0. The Kier molecular flexibility index (Phi) is 6.65. The fourth-order valence-corrected chi connectivity index (χ4v) is 4.36. The van der Waals surface area contributed by atoms with Crippen LogP contribution in [0.3, 0.4) is 0 Å². The molecule has 0 aliphatic carbocycles. The average Bonchev–Trinajstić information content (AvgIpc) is 3.18. The molecule has 1 aromatic carbocycles. The van der Waals surface area contributed by atoms with Crippen molar-refractivity contribution in [1.29, 1.82) is 0 Å². The van der Waals surface area contributed by atoms with Crippen LogP contribution in [0.1, 0.15) is 26.2 Å². The maximum Gasteiger partial charge on any atom is 0.309 e. The van der Waals surface area contributed by atoms with Gasteiger partial charge in [-0.15, -0.1) is 11.8 Å². The molecule has 0 spiro atoms. The molecule has 0 aromatic heterocycles. The summed E-state index contributed by atoms with van der Waals surface area (Å²) in [5.74, 6) is -0.320.